The predicted molar refractivity (Wildman–Crippen MR) is 158 cm³/mol. The Balaban J connectivity index is 0.000000745. The Hall–Kier alpha value is -5.52. The van der Waals surface area contributed by atoms with E-state index in [-0.39, 0.29) is 47.3 Å². The van der Waals surface area contributed by atoms with Crippen LogP contribution < -0.4 is 14.8 Å². The van der Waals surface area contributed by atoms with E-state index in [4.69, 9.17) is 28.4 Å². The Bertz CT molecular complexity index is 1440. The van der Waals surface area contributed by atoms with E-state index in [1.54, 1.807) is 0 Å². The summed E-state index contributed by atoms with van der Waals surface area (Å²) in [6.45, 7) is 6.27. The van der Waals surface area contributed by atoms with E-state index >= 15 is 0 Å². The van der Waals surface area contributed by atoms with Crippen LogP contribution in [0.4, 0.5) is 21.0 Å². The molecule has 1 heterocycles. The van der Waals surface area contributed by atoms with E-state index in [0.29, 0.717) is 0 Å². The van der Waals surface area contributed by atoms with Gasteiger partial charge in [0.2, 0.25) is 6.29 Å². The average molecular weight is 666 g/mol. The molecule has 3 rings (SSSR count). The van der Waals surface area contributed by atoms with Crippen molar-refractivity contribution in [3.63, 3.8) is 0 Å². The second kappa shape index (κ2) is 17.2. The number of ether oxygens (including phenoxy) is 7. The smallest absolute Gasteiger partial charge is 0.467 e. The first-order valence-corrected chi connectivity index (χ1v) is 13.9. The fourth-order valence-corrected chi connectivity index (χ4v) is 3.80. The molecule has 2 aromatic carbocycles. The number of nitrogens with zero attached hydrogens (tertiary/aromatic N) is 2. The molecule has 18 nitrogen and oxygen atoms in total. The van der Waals surface area contributed by atoms with Gasteiger partial charge in [0.1, 0.15) is 24.1 Å². The summed E-state index contributed by atoms with van der Waals surface area (Å²) < 4.78 is 35.7. The molecule has 0 aromatic heterocycles. The third-order valence-corrected chi connectivity index (χ3v) is 5.73. The largest absolute Gasteiger partial charge is 0.514 e. The standard InChI is InChI=1S/C23H22N2O13.C6H13NO2/c1-13(26)35-17-10-20(22(27)33-2)38-21(11-17)37-19-8-3-14(9-18(19)25(31)32)12-34-23(28)36-16-6-4-15(5-7-16)24(29)30;1-6(2,3)9-5(8)7-4/h3-9,17,20-21H,10-12H2,1-2H3;1-4H3,(H,7,8). The lowest BCUT2D eigenvalue weighted by atomic mass is 10.0. The summed E-state index contributed by atoms with van der Waals surface area (Å²) in [6.07, 6.45) is -4.52. The van der Waals surface area contributed by atoms with Gasteiger partial charge in [0.15, 0.2) is 11.9 Å². The topological polar surface area (TPSA) is 231 Å². The van der Waals surface area contributed by atoms with Crippen LogP contribution in [0.1, 0.15) is 46.1 Å². The third-order valence-electron chi connectivity index (χ3n) is 5.73. The minimum atomic E-state index is -1.17. The molecule has 0 saturated carbocycles. The van der Waals surface area contributed by atoms with Gasteiger partial charge in [-0.25, -0.2) is 14.4 Å². The quantitative estimate of drug-likeness (QED) is 0.129. The van der Waals surface area contributed by atoms with Crippen molar-refractivity contribution >= 4 is 35.6 Å². The maximum Gasteiger partial charge on any atom is 0.514 e. The highest BCUT2D eigenvalue weighted by molar-refractivity contribution is 5.75. The lowest BCUT2D eigenvalue weighted by Crippen LogP contribution is -2.44. The number of rotatable bonds is 9. The van der Waals surface area contributed by atoms with Crippen molar-refractivity contribution in [1.29, 1.82) is 0 Å². The highest BCUT2D eigenvalue weighted by atomic mass is 16.7. The number of carbonyl (C=O) groups excluding carboxylic acids is 4. The number of nitrogens with one attached hydrogen (secondary N) is 1. The van der Waals surface area contributed by atoms with Crippen LogP contribution in [0.3, 0.4) is 0 Å². The molecule has 47 heavy (non-hydrogen) atoms. The number of hydrogen-bond acceptors (Lipinski definition) is 15. The molecule has 1 fully saturated rings. The van der Waals surface area contributed by atoms with E-state index in [0.717, 1.165) is 25.3 Å². The average Bonchev–Trinajstić information content (AvgIpc) is 2.99. The van der Waals surface area contributed by atoms with Crippen molar-refractivity contribution in [3.8, 4) is 11.5 Å². The van der Waals surface area contributed by atoms with Gasteiger partial charge < -0.3 is 38.5 Å². The minimum absolute atomic E-state index is 0.000117. The van der Waals surface area contributed by atoms with E-state index < -0.39 is 58.7 Å². The molecule has 3 unspecified atom stereocenters. The van der Waals surface area contributed by atoms with Gasteiger partial charge in [-0.2, -0.15) is 0 Å². The van der Waals surface area contributed by atoms with Crippen LogP contribution in [0.5, 0.6) is 11.5 Å². The first-order chi connectivity index (χ1) is 22.0. The fraction of sp³-hybridized carbons (Fsp3) is 0.448. The molecule has 1 saturated heterocycles. The molecule has 0 radical (unpaired) electrons. The Morgan fingerprint density at radius 3 is 2.17 bits per heavy atom. The van der Waals surface area contributed by atoms with Gasteiger partial charge >= 0.3 is 29.9 Å². The van der Waals surface area contributed by atoms with E-state index in [1.165, 1.54) is 38.2 Å². The van der Waals surface area contributed by atoms with Crippen LogP contribution in [-0.2, 0) is 39.9 Å². The molecule has 18 heteroatoms. The van der Waals surface area contributed by atoms with Gasteiger partial charge in [0.25, 0.3) is 5.69 Å². The summed E-state index contributed by atoms with van der Waals surface area (Å²) in [6, 6.07) is 8.46. The van der Waals surface area contributed by atoms with Crippen LogP contribution in [-0.4, -0.2) is 72.3 Å². The van der Waals surface area contributed by atoms with E-state index in [1.807, 2.05) is 20.8 Å². The summed E-state index contributed by atoms with van der Waals surface area (Å²) in [7, 11) is 2.69. The van der Waals surface area contributed by atoms with E-state index in [2.05, 4.69) is 10.1 Å². The van der Waals surface area contributed by atoms with Crippen molar-refractivity contribution in [3.05, 3.63) is 68.3 Å². The molecule has 3 atom stereocenters. The number of non-ortho nitro benzene ring substituents is 1. The summed E-state index contributed by atoms with van der Waals surface area (Å²) >= 11 is 0. The van der Waals surface area contributed by atoms with Crippen molar-refractivity contribution in [1.82, 2.24) is 5.32 Å². The molecule has 1 aliphatic rings. The number of methoxy groups -OCH3 is 1. The Morgan fingerprint density at radius 2 is 1.66 bits per heavy atom. The van der Waals surface area contributed by atoms with Gasteiger partial charge in [0, 0.05) is 45.0 Å². The second-order valence-electron chi connectivity index (χ2n) is 10.6. The summed E-state index contributed by atoms with van der Waals surface area (Å²) in [5.74, 6) is -1.51. The minimum Gasteiger partial charge on any atom is -0.467 e. The SMILES string of the molecule is CNC(=O)OC(C)(C)C.COC(=O)C1CC(OC(C)=O)CC(Oc2ccc(COC(=O)Oc3ccc([N+](=O)[O-])cc3)cc2[N+](=O)[O-])O1. The zero-order valence-electron chi connectivity index (χ0n) is 26.4. The number of amides is 1. The molecule has 256 valence electrons. The lowest BCUT2D eigenvalue weighted by molar-refractivity contribution is -0.386. The van der Waals surface area contributed by atoms with Crippen molar-refractivity contribution in [2.75, 3.05) is 14.2 Å². The molecular formula is C29H35N3O15. The number of alkyl carbamates (subject to hydrolysis) is 1. The van der Waals surface area contributed by atoms with Crippen LogP contribution in [0.15, 0.2) is 42.5 Å². The van der Waals surface area contributed by atoms with Gasteiger partial charge in [-0.05, 0) is 44.5 Å². The van der Waals surface area contributed by atoms with Crippen LogP contribution in [0, 0.1) is 20.2 Å². The van der Waals surface area contributed by atoms with Crippen LogP contribution in [0.2, 0.25) is 0 Å². The number of esters is 2. The summed E-state index contributed by atoms with van der Waals surface area (Å²) in [5.41, 5.74) is -0.844. The molecule has 0 spiro atoms. The lowest BCUT2D eigenvalue weighted by Gasteiger charge is -2.33. The van der Waals surface area contributed by atoms with Gasteiger partial charge in [-0.1, -0.05) is 6.07 Å². The summed E-state index contributed by atoms with van der Waals surface area (Å²) in [4.78, 5) is 66.8. The van der Waals surface area contributed by atoms with Crippen molar-refractivity contribution in [2.24, 2.45) is 0 Å². The first-order valence-electron chi connectivity index (χ1n) is 13.9. The predicted octanol–water partition coefficient (Wildman–Crippen LogP) is 4.35. The van der Waals surface area contributed by atoms with Gasteiger partial charge in [-0.3, -0.25) is 25.0 Å². The number of nitro benzene ring substituents is 2. The molecule has 1 aliphatic heterocycles. The Labute approximate surface area is 268 Å². The number of nitro groups is 2. The Morgan fingerprint density at radius 1 is 1.00 bits per heavy atom. The molecule has 0 bridgehead atoms. The highest BCUT2D eigenvalue weighted by Gasteiger charge is 2.38. The third kappa shape index (κ3) is 13.2. The number of hydrogen-bond donors (Lipinski definition) is 1. The molecule has 1 amide bonds. The molecule has 1 N–H and O–H groups in total. The highest BCUT2D eigenvalue weighted by Crippen LogP contribution is 2.32. The van der Waals surface area contributed by atoms with Gasteiger partial charge in [0.05, 0.1) is 17.0 Å². The van der Waals surface area contributed by atoms with E-state index in [9.17, 15) is 39.4 Å². The zero-order chi connectivity index (χ0) is 35.3. The number of benzene rings is 2. The maximum absolute atomic E-state index is 12.0. The van der Waals surface area contributed by atoms with Crippen molar-refractivity contribution < 1.29 is 62.2 Å². The Kier molecular flexibility index (Phi) is 13.8. The van der Waals surface area contributed by atoms with Gasteiger partial charge in [-0.15, -0.1) is 0 Å². The van der Waals surface area contributed by atoms with Crippen molar-refractivity contribution in [2.45, 2.75) is 71.2 Å². The van der Waals surface area contributed by atoms with Crippen LogP contribution in [0.25, 0.3) is 0 Å². The summed E-state index contributed by atoms with van der Waals surface area (Å²) in [5, 5.41) is 24.7. The normalized spacial score (nSPS) is 17.0. The first kappa shape index (κ1) is 37.7. The monoisotopic (exact) mass is 665 g/mol. The fourth-order valence-electron chi connectivity index (χ4n) is 3.80. The second-order valence-corrected chi connectivity index (χ2v) is 10.6. The zero-order valence-corrected chi connectivity index (χ0v) is 26.4. The maximum atomic E-state index is 12.0. The molecular weight excluding hydrogens is 630 g/mol. The van der Waals surface area contributed by atoms with Crippen LogP contribution >= 0.6 is 0 Å². The molecule has 2 aromatic rings. The molecule has 0 aliphatic carbocycles. The number of carbonyl (C=O) groups is 4.